The van der Waals surface area contributed by atoms with Gasteiger partial charge in [0.05, 0.1) is 22.9 Å². The minimum absolute atomic E-state index is 0.0453. The molecule has 0 N–H and O–H groups in total. The first kappa shape index (κ1) is 13.2. The van der Waals surface area contributed by atoms with E-state index in [2.05, 4.69) is 11.1 Å². The molecule has 0 bridgehead atoms. The maximum Gasteiger partial charge on any atom is 0.262 e. The van der Waals surface area contributed by atoms with Gasteiger partial charge in [-0.3, -0.25) is 9.36 Å². The van der Waals surface area contributed by atoms with E-state index in [0.29, 0.717) is 17.2 Å². The fourth-order valence-electron chi connectivity index (χ4n) is 2.12. The third kappa shape index (κ3) is 2.44. The average molecular weight is 285 g/mol. The second-order valence-electron chi connectivity index (χ2n) is 5.16. The van der Waals surface area contributed by atoms with Crippen molar-refractivity contribution >= 4 is 22.7 Å². The predicted molar refractivity (Wildman–Crippen MR) is 79.8 cm³/mol. The summed E-state index contributed by atoms with van der Waals surface area (Å²) >= 11 is 1.51. The van der Waals surface area contributed by atoms with Gasteiger partial charge in [0.2, 0.25) is 0 Å². The first-order valence-corrected chi connectivity index (χ1v) is 7.73. The minimum atomic E-state index is -0.0453. The average Bonchev–Trinajstić information content (AvgIpc) is 3.29. The van der Waals surface area contributed by atoms with Crippen molar-refractivity contribution in [3.05, 3.63) is 34.6 Å². The van der Waals surface area contributed by atoms with Gasteiger partial charge in [-0.15, -0.1) is 0 Å². The molecule has 5 heteroatoms. The number of para-hydroxylation sites is 1. The zero-order valence-corrected chi connectivity index (χ0v) is 12.1. The van der Waals surface area contributed by atoms with Crippen molar-refractivity contribution in [3.8, 4) is 6.07 Å². The number of hydrogen-bond donors (Lipinski definition) is 0. The van der Waals surface area contributed by atoms with E-state index in [1.54, 1.807) is 0 Å². The van der Waals surface area contributed by atoms with Gasteiger partial charge in [0, 0.05) is 11.8 Å². The van der Waals surface area contributed by atoms with Crippen LogP contribution >= 0.6 is 11.8 Å². The standard InChI is InChI=1S/C15H15N3OS/c1-10(8-16)9-20-15-17-13-5-3-2-4-12(13)14(19)18(15)11-6-7-11/h2-5,10-11H,6-7,9H2,1H3/t10-/m1/s1. The van der Waals surface area contributed by atoms with Crippen molar-refractivity contribution in [1.29, 1.82) is 5.26 Å². The van der Waals surface area contributed by atoms with Gasteiger partial charge in [0.15, 0.2) is 5.16 Å². The topological polar surface area (TPSA) is 58.7 Å². The van der Waals surface area contributed by atoms with Crippen LogP contribution in [-0.4, -0.2) is 15.3 Å². The highest BCUT2D eigenvalue weighted by Crippen LogP contribution is 2.37. The highest BCUT2D eigenvalue weighted by atomic mass is 32.2. The van der Waals surface area contributed by atoms with E-state index in [4.69, 9.17) is 5.26 Å². The van der Waals surface area contributed by atoms with Gasteiger partial charge in [0.1, 0.15) is 0 Å². The van der Waals surface area contributed by atoms with E-state index in [0.717, 1.165) is 23.5 Å². The summed E-state index contributed by atoms with van der Waals surface area (Å²) in [5, 5.41) is 10.3. The van der Waals surface area contributed by atoms with Crippen molar-refractivity contribution in [2.75, 3.05) is 5.75 Å². The third-order valence-corrected chi connectivity index (χ3v) is 4.58. The number of rotatable bonds is 4. The molecule has 1 saturated carbocycles. The first-order chi connectivity index (χ1) is 9.70. The summed E-state index contributed by atoms with van der Waals surface area (Å²) in [7, 11) is 0. The van der Waals surface area contributed by atoms with Crippen LogP contribution in [0.4, 0.5) is 0 Å². The van der Waals surface area contributed by atoms with Crippen LogP contribution < -0.4 is 5.56 Å². The zero-order valence-electron chi connectivity index (χ0n) is 11.2. The lowest BCUT2D eigenvalue weighted by atomic mass is 10.2. The quantitative estimate of drug-likeness (QED) is 0.640. The molecule has 1 aliphatic carbocycles. The molecule has 0 radical (unpaired) electrons. The van der Waals surface area contributed by atoms with E-state index in [-0.39, 0.29) is 11.5 Å². The number of aromatic nitrogens is 2. The fraction of sp³-hybridized carbons (Fsp3) is 0.400. The second-order valence-corrected chi connectivity index (χ2v) is 6.15. The second kappa shape index (κ2) is 5.29. The van der Waals surface area contributed by atoms with Gasteiger partial charge < -0.3 is 0 Å². The molecule has 0 unspecified atom stereocenters. The van der Waals surface area contributed by atoms with E-state index in [1.165, 1.54) is 11.8 Å². The molecule has 1 fully saturated rings. The van der Waals surface area contributed by atoms with Crippen molar-refractivity contribution < 1.29 is 0 Å². The lowest BCUT2D eigenvalue weighted by molar-refractivity contribution is 0.617. The van der Waals surface area contributed by atoms with Gasteiger partial charge in [-0.1, -0.05) is 23.9 Å². The maximum absolute atomic E-state index is 12.6. The van der Waals surface area contributed by atoms with Crippen LogP contribution in [0.3, 0.4) is 0 Å². The lowest BCUT2D eigenvalue weighted by Crippen LogP contribution is -2.22. The summed E-state index contributed by atoms with van der Waals surface area (Å²) in [5.41, 5.74) is 0.784. The summed E-state index contributed by atoms with van der Waals surface area (Å²) < 4.78 is 1.82. The van der Waals surface area contributed by atoms with Gasteiger partial charge in [0.25, 0.3) is 5.56 Å². The third-order valence-electron chi connectivity index (χ3n) is 3.37. The molecule has 0 saturated heterocycles. The van der Waals surface area contributed by atoms with Crippen molar-refractivity contribution in [2.45, 2.75) is 31.0 Å². The number of hydrogen-bond acceptors (Lipinski definition) is 4. The molecule has 1 aliphatic rings. The number of fused-ring (bicyclic) bond motifs is 1. The Bertz CT molecular complexity index is 743. The van der Waals surface area contributed by atoms with Crippen LogP contribution in [0.5, 0.6) is 0 Å². The molecule has 20 heavy (non-hydrogen) atoms. The maximum atomic E-state index is 12.6. The van der Waals surface area contributed by atoms with Gasteiger partial charge in [-0.05, 0) is 31.9 Å². The molecule has 3 rings (SSSR count). The van der Waals surface area contributed by atoms with Crippen LogP contribution in [-0.2, 0) is 0 Å². The van der Waals surface area contributed by atoms with Crippen molar-refractivity contribution in [2.24, 2.45) is 5.92 Å². The monoisotopic (exact) mass is 285 g/mol. The highest BCUT2D eigenvalue weighted by molar-refractivity contribution is 7.99. The Morgan fingerprint density at radius 3 is 2.95 bits per heavy atom. The minimum Gasteiger partial charge on any atom is -0.284 e. The summed E-state index contributed by atoms with van der Waals surface area (Å²) in [6.07, 6.45) is 2.09. The lowest BCUT2D eigenvalue weighted by Gasteiger charge is -2.12. The van der Waals surface area contributed by atoms with Crippen molar-refractivity contribution in [3.63, 3.8) is 0 Å². The molecule has 102 valence electrons. The molecule has 1 aromatic carbocycles. The molecule has 1 aromatic heterocycles. The number of thioether (sulfide) groups is 1. The summed E-state index contributed by atoms with van der Waals surface area (Å²) in [6, 6.07) is 9.96. The summed E-state index contributed by atoms with van der Waals surface area (Å²) in [5.74, 6) is 0.615. The Hall–Kier alpha value is -1.80. The summed E-state index contributed by atoms with van der Waals surface area (Å²) in [4.78, 5) is 17.2. The largest absolute Gasteiger partial charge is 0.284 e. The zero-order chi connectivity index (χ0) is 14.1. The van der Waals surface area contributed by atoms with E-state index >= 15 is 0 Å². The van der Waals surface area contributed by atoms with Crippen LogP contribution in [0, 0.1) is 17.2 Å². The molecular formula is C15H15N3OS. The van der Waals surface area contributed by atoms with E-state index in [1.807, 2.05) is 35.8 Å². The Morgan fingerprint density at radius 1 is 1.50 bits per heavy atom. The Morgan fingerprint density at radius 2 is 2.25 bits per heavy atom. The number of benzene rings is 1. The molecule has 0 amide bonds. The fourth-order valence-corrected chi connectivity index (χ4v) is 3.13. The number of nitriles is 1. The smallest absolute Gasteiger partial charge is 0.262 e. The van der Waals surface area contributed by atoms with Crippen LogP contribution in [0.25, 0.3) is 10.9 Å². The molecule has 0 aliphatic heterocycles. The summed E-state index contributed by atoms with van der Waals surface area (Å²) in [6.45, 7) is 1.88. The van der Waals surface area contributed by atoms with Gasteiger partial charge in [-0.2, -0.15) is 5.26 Å². The SMILES string of the molecule is C[C@H](C#N)CSc1nc2ccccc2c(=O)n1C1CC1. The Balaban J connectivity index is 2.07. The van der Waals surface area contributed by atoms with Gasteiger partial charge in [-0.25, -0.2) is 4.98 Å². The Labute approximate surface area is 121 Å². The van der Waals surface area contributed by atoms with Crippen LogP contribution in [0.15, 0.2) is 34.2 Å². The predicted octanol–water partition coefficient (Wildman–Crippen LogP) is 2.98. The van der Waals surface area contributed by atoms with Crippen molar-refractivity contribution in [1.82, 2.24) is 9.55 Å². The molecule has 1 heterocycles. The van der Waals surface area contributed by atoms with E-state index in [9.17, 15) is 4.79 Å². The van der Waals surface area contributed by atoms with Crippen LogP contribution in [0.2, 0.25) is 0 Å². The normalized spacial score (nSPS) is 16.0. The molecular weight excluding hydrogens is 270 g/mol. The Kier molecular flexibility index (Phi) is 3.49. The first-order valence-electron chi connectivity index (χ1n) is 6.74. The van der Waals surface area contributed by atoms with E-state index < -0.39 is 0 Å². The molecule has 0 spiro atoms. The van der Waals surface area contributed by atoms with Crippen LogP contribution in [0.1, 0.15) is 25.8 Å². The molecule has 1 atom stereocenters. The molecule has 2 aromatic rings. The number of nitrogens with zero attached hydrogens (tertiary/aromatic N) is 3. The highest BCUT2D eigenvalue weighted by Gasteiger charge is 2.28. The van der Waals surface area contributed by atoms with Gasteiger partial charge >= 0.3 is 0 Å². The molecule has 4 nitrogen and oxygen atoms in total.